The van der Waals surface area contributed by atoms with E-state index in [0.717, 1.165) is 36.2 Å². The lowest BCUT2D eigenvalue weighted by Crippen LogP contribution is -2.43. The van der Waals surface area contributed by atoms with Gasteiger partial charge in [0.2, 0.25) is 0 Å². The summed E-state index contributed by atoms with van der Waals surface area (Å²) in [5.74, 6) is -0.120. The van der Waals surface area contributed by atoms with Crippen molar-refractivity contribution < 1.29 is 9.53 Å². The number of ether oxygens (including phenoxy) is 1. The Morgan fingerprint density at radius 2 is 2.11 bits per heavy atom. The molecule has 0 aliphatic carbocycles. The van der Waals surface area contributed by atoms with E-state index in [1.165, 1.54) is 22.5 Å². The number of aromatic nitrogens is 1. The zero-order valence-electron chi connectivity index (χ0n) is 15.8. The van der Waals surface area contributed by atoms with Crippen molar-refractivity contribution in [2.75, 3.05) is 32.8 Å². The Kier molecular flexibility index (Phi) is 6.17. The zero-order valence-corrected chi connectivity index (χ0v) is 17.4. The van der Waals surface area contributed by atoms with Gasteiger partial charge in [-0.2, -0.15) is 0 Å². The van der Waals surface area contributed by atoms with Gasteiger partial charge in [0.05, 0.1) is 24.1 Å². The molecule has 5 nitrogen and oxygen atoms in total. The van der Waals surface area contributed by atoms with Crippen LogP contribution in [0.2, 0.25) is 0 Å². The Bertz CT molecular complexity index is 917. The molecular weight excluding hydrogens is 390 g/mol. The summed E-state index contributed by atoms with van der Waals surface area (Å²) >= 11 is 3.14. The van der Waals surface area contributed by atoms with Crippen LogP contribution >= 0.6 is 22.7 Å². The predicted molar refractivity (Wildman–Crippen MR) is 114 cm³/mol. The second-order valence-corrected chi connectivity index (χ2v) is 8.61. The van der Waals surface area contributed by atoms with Gasteiger partial charge in [0.25, 0.3) is 5.91 Å². The lowest BCUT2D eigenvalue weighted by molar-refractivity contribution is 0.0162. The quantitative estimate of drug-likeness (QED) is 0.664. The highest BCUT2D eigenvalue weighted by molar-refractivity contribution is 7.20. The zero-order chi connectivity index (χ0) is 19.3. The number of rotatable bonds is 6. The molecule has 3 heterocycles. The van der Waals surface area contributed by atoms with Gasteiger partial charge in [-0.25, -0.2) is 4.98 Å². The predicted octanol–water partition coefficient (Wildman–Crippen LogP) is 3.98. The van der Waals surface area contributed by atoms with Crippen LogP contribution in [0.25, 0.3) is 9.88 Å². The number of nitrogens with one attached hydrogen (secondary N) is 1. The number of hydrogen-bond acceptors (Lipinski definition) is 6. The Labute approximate surface area is 173 Å². The number of hydrogen-bond donors (Lipinski definition) is 1. The average Bonchev–Trinajstić information content (AvgIpc) is 3.41. The Morgan fingerprint density at radius 3 is 2.86 bits per heavy atom. The van der Waals surface area contributed by atoms with Crippen molar-refractivity contribution in [2.45, 2.75) is 13.0 Å². The fourth-order valence-electron chi connectivity index (χ4n) is 3.40. The van der Waals surface area contributed by atoms with Gasteiger partial charge in [-0.3, -0.25) is 9.69 Å². The van der Waals surface area contributed by atoms with Gasteiger partial charge in [0.1, 0.15) is 10.7 Å². The number of nitrogens with zero attached hydrogens (tertiary/aromatic N) is 2. The largest absolute Gasteiger partial charge is 0.379 e. The highest BCUT2D eigenvalue weighted by Gasteiger charge is 2.24. The molecule has 1 fully saturated rings. The average molecular weight is 414 g/mol. The molecule has 1 aromatic carbocycles. The summed E-state index contributed by atoms with van der Waals surface area (Å²) in [5, 5.41) is 7.84. The van der Waals surface area contributed by atoms with Crippen LogP contribution in [0, 0.1) is 6.92 Å². The van der Waals surface area contributed by atoms with Crippen molar-refractivity contribution in [3.8, 4) is 9.88 Å². The maximum atomic E-state index is 12.7. The SMILES string of the molecule is Cc1cccc(C(CNC(=O)c2csc(-c3cccs3)n2)N2CCOCC2)c1. The van der Waals surface area contributed by atoms with Gasteiger partial charge < -0.3 is 10.1 Å². The van der Waals surface area contributed by atoms with Crippen molar-refractivity contribution in [3.05, 3.63) is 64.0 Å². The third kappa shape index (κ3) is 4.50. The van der Waals surface area contributed by atoms with Crippen LogP contribution in [-0.2, 0) is 4.74 Å². The summed E-state index contributed by atoms with van der Waals surface area (Å²) < 4.78 is 5.51. The van der Waals surface area contributed by atoms with E-state index in [9.17, 15) is 4.79 Å². The molecule has 146 valence electrons. The first-order valence-corrected chi connectivity index (χ1v) is 11.1. The fraction of sp³-hybridized carbons (Fsp3) is 0.333. The molecule has 1 saturated heterocycles. The third-order valence-electron chi connectivity index (χ3n) is 4.84. The molecule has 0 bridgehead atoms. The van der Waals surface area contributed by atoms with Crippen molar-refractivity contribution in [1.29, 1.82) is 0 Å². The number of thiazole rings is 1. The topological polar surface area (TPSA) is 54.5 Å². The lowest BCUT2D eigenvalue weighted by atomic mass is 10.0. The minimum absolute atomic E-state index is 0.120. The lowest BCUT2D eigenvalue weighted by Gasteiger charge is -2.35. The summed E-state index contributed by atoms with van der Waals surface area (Å²) in [7, 11) is 0. The van der Waals surface area contributed by atoms with Crippen LogP contribution in [0.5, 0.6) is 0 Å². The van der Waals surface area contributed by atoms with Gasteiger partial charge in [-0.1, -0.05) is 35.9 Å². The Morgan fingerprint density at radius 1 is 1.25 bits per heavy atom. The van der Waals surface area contributed by atoms with E-state index >= 15 is 0 Å². The molecule has 0 radical (unpaired) electrons. The molecule has 1 unspecified atom stereocenters. The first kappa shape index (κ1) is 19.3. The summed E-state index contributed by atoms with van der Waals surface area (Å²) in [6.07, 6.45) is 0. The maximum Gasteiger partial charge on any atom is 0.270 e. The van der Waals surface area contributed by atoms with Crippen molar-refractivity contribution in [1.82, 2.24) is 15.2 Å². The smallest absolute Gasteiger partial charge is 0.270 e. The summed E-state index contributed by atoms with van der Waals surface area (Å²) in [6.45, 7) is 5.84. The Balaban J connectivity index is 1.47. The molecule has 0 saturated carbocycles. The van der Waals surface area contributed by atoms with E-state index in [-0.39, 0.29) is 11.9 Å². The van der Waals surface area contributed by atoms with Gasteiger partial charge in [-0.15, -0.1) is 22.7 Å². The molecule has 2 aromatic heterocycles. The molecule has 1 amide bonds. The normalized spacial score (nSPS) is 16.0. The second-order valence-electron chi connectivity index (χ2n) is 6.80. The van der Waals surface area contributed by atoms with E-state index in [2.05, 4.69) is 46.4 Å². The molecule has 1 aliphatic rings. The van der Waals surface area contributed by atoms with Crippen LogP contribution in [-0.4, -0.2) is 48.6 Å². The number of amides is 1. The third-order valence-corrected chi connectivity index (χ3v) is 6.72. The summed E-state index contributed by atoms with van der Waals surface area (Å²) in [6, 6.07) is 12.7. The molecular formula is C21H23N3O2S2. The first-order valence-electron chi connectivity index (χ1n) is 9.36. The molecule has 1 aliphatic heterocycles. The number of benzene rings is 1. The van der Waals surface area contributed by atoms with Gasteiger partial charge in [0.15, 0.2) is 0 Å². The van der Waals surface area contributed by atoms with E-state index in [1.807, 2.05) is 22.9 Å². The van der Waals surface area contributed by atoms with E-state index in [1.54, 1.807) is 11.3 Å². The van der Waals surface area contributed by atoms with E-state index in [4.69, 9.17) is 4.74 Å². The minimum Gasteiger partial charge on any atom is -0.379 e. The Hall–Kier alpha value is -2.06. The van der Waals surface area contributed by atoms with Gasteiger partial charge in [-0.05, 0) is 23.9 Å². The van der Waals surface area contributed by atoms with Crippen LogP contribution in [0.15, 0.2) is 47.2 Å². The number of morpholine rings is 1. The van der Waals surface area contributed by atoms with Crippen LogP contribution in [0.4, 0.5) is 0 Å². The van der Waals surface area contributed by atoms with Gasteiger partial charge >= 0.3 is 0 Å². The van der Waals surface area contributed by atoms with Gasteiger partial charge in [0, 0.05) is 25.0 Å². The van der Waals surface area contributed by atoms with Crippen LogP contribution in [0.1, 0.15) is 27.7 Å². The maximum absolute atomic E-state index is 12.7. The summed E-state index contributed by atoms with van der Waals surface area (Å²) in [4.78, 5) is 20.7. The molecule has 1 N–H and O–H groups in total. The van der Waals surface area contributed by atoms with E-state index in [0.29, 0.717) is 12.2 Å². The molecule has 28 heavy (non-hydrogen) atoms. The number of thiophene rings is 1. The molecule has 7 heteroatoms. The first-order chi connectivity index (χ1) is 13.7. The van der Waals surface area contributed by atoms with Crippen molar-refractivity contribution in [2.24, 2.45) is 0 Å². The van der Waals surface area contributed by atoms with Crippen LogP contribution in [0.3, 0.4) is 0 Å². The molecule has 4 rings (SSSR count). The highest BCUT2D eigenvalue weighted by atomic mass is 32.1. The highest BCUT2D eigenvalue weighted by Crippen LogP contribution is 2.28. The summed E-state index contributed by atoms with van der Waals surface area (Å²) in [5.41, 5.74) is 2.93. The second kappa shape index (κ2) is 8.96. The molecule has 0 spiro atoms. The van der Waals surface area contributed by atoms with Crippen molar-refractivity contribution >= 4 is 28.6 Å². The minimum atomic E-state index is -0.120. The number of carbonyl (C=O) groups is 1. The monoisotopic (exact) mass is 413 g/mol. The number of aryl methyl sites for hydroxylation is 1. The molecule has 1 atom stereocenters. The number of carbonyl (C=O) groups excluding carboxylic acids is 1. The van der Waals surface area contributed by atoms with Crippen molar-refractivity contribution in [3.63, 3.8) is 0 Å². The molecule has 3 aromatic rings. The van der Waals surface area contributed by atoms with E-state index < -0.39 is 0 Å². The standard InChI is InChI=1S/C21H23N3O2S2/c1-15-4-2-5-16(12-15)18(24-7-9-26-10-8-24)13-22-20(25)17-14-28-21(23-17)19-6-3-11-27-19/h2-6,11-12,14,18H,7-10,13H2,1H3,(H,22,25). The fourth-order valence-corrected chi connectivity index (χ4v) is 5.01. The van der Waals surface area contributed by atoms with Crippen LogP contribution < -0.4 is 5.32 Å².